The van der Waals surface area contributed by atoms with Crippen molar-refractivity contribution in [1.29, 1.82) is 0 Å². The molecule has 0 saturated heterocycles. The van der Waals surface area contributed by atoms with E-state index in [1.165, 1.54) is 6.07 Å². The third kappa shape index (κ3) is 2.83. The fourth-order valence-corrected chi connectivity index (χ4v) is 2.28. The number of benzene rings is 2. The maximum Gasteiger partial charge on any atom is 0.128 e. The molecular formula is C17H20FNO. The third-order valence-electron chi connectivity index (χ3n) is 3.24. The lowest BCUT2D eigenvalue weighted by Gasteiger charge is -2.29. The van der Waals surface area contributed by atoms with E-state index in [2.05, 4.69) is 0 Å². The highest BCUT2D eigenvalue weighted by Gasteiger charge is 2.29. The molecule has 2 aromatic rings. The molecule has 0 aromatic heterocycles. The Morgan fingerprint density at radius 1 is 1.00 bits per heavy atom. The molecule has 2 aromatic carbocycles. The van der Waals surface area contributed by atoms with Crippen LogP contribution in [0.3, 0.4) is 0 Å². The van der Waals surface area contributed by atoms with Gasteiger partial charge in [-0.15, -0.1) is 0 Å². The van der Waals surface area contributed by atoms with Crippen LogP contribution >= 0.6 is 0 Å². The lowest BCUT2D eigenvalue weighted by Crippen LogP contribution is -2.36. The summed E-state index contributed by atoms with van der Waals surface area (Å²) in [6.45, 7) is 5.70. The Labute approximate surface area is 119 Å². The first-order chi connectivity index (χ1) is 9.43. The van der Waals surface area contributed by atoms with Gasteiger partial charge in [0.25, 0.3) is 0 Å². The van der Waals surface area contributed by atoms with E-state index in [1.807, 2.05) is 38.1 Å². The summed E-state index contributed by atoms with van der Waals surface area (Å²) >= 11 is 0. The molecule has 106 valence electrons. The van der Waals surface area contributed by atoms with Gasteiger partial charge in [-0.3, -0.25) is 0 Å². The second-order valence-electron chi connectivity index (χ2n) is 5.34. The zero-order valence-electron chi connectivity index (χ0n) is 12.1. The molecule has 0 aliphatic rings. The normalized spacial score (nSPS) is 14.1. The Hall–Kier alpha value is -1.87. The van der Waals surface area contributed by atoms with Crippen LogP contribution in [0.4, 0.5) is 4.39 Å². The van der Waals surface area contributed by atoms with Gasteiger partial charge in [-0.25, -0.2) is 4.39 Å². The van der Waals surface area contributed by atoms with Gasteiger partial charge in [0.05, 0.1) is 11.6 Å². The van der Waals surface area contributed by atoms with Crippen LogP contribution in [0, 0.1) is 5.82 Å². The van der Waals surface area contributed by atoms with E-state index in [4.69, 9.17) is 10.5 Å². The fourth-order valence-electron chi connectivity index (χ4n) is 2.28. The van der Waals surface area contributed by atoms with E-state index in [1.54, 1.807) is 25.1 Å². The lowest BCUT2D eigenvalue weighted by atomic mass is 9.84. The second-order valence-corrected chi connectivity index (χ2v) is 5.34. The average Bonchev–Trinajstić information content (AvgIpc) is 2.38. The minimum atomic E-state index is -0.948. The first-order valence-corrected chi connectivity index (χ1v) is 6.73. The molecule has 0 aliphatic heterocycles. The number of halogens is 1. The summed E-state index contributed by atoms with van der Waals surface area (Å²) in [5.74, 6) is 0.382. The SMILES string of the molecule is CC(C)Oc1ccccc1C(C)(N)c1ccccc1F. The Kier molecular flexibility index (Phi) is 4.09. The molecule has 2 nitrogen and oxygen atoms in total. The summed E-state index contributed by atoms with van der Waals surface area (Å²) in [5.41, 5.74) is 6.70. The highest BCUT2D eigenvalue weighted by molar-refractivity contribution is 5.45. The fraction of sp³-hybridized carbons (Fsp3) is 0.294. The van der Waals surface area contributed by atoms with Crippen LogP contribution in [0.2, 0.25) is 0 Å². The smallest absolute Gasteiger partial charge is 0.128 e. The number of hydrogen-bond donors (Lipinski definition) is 1. The molecule has 0 aliphatic carbocycles. The summed E-state index contributed by atoms with van der Waals surface area (Å²) in [5, 5.41) is 0. The van der Waals surface area contributed by atoms with Crippen LogP contribution in [0.5, 0.6) is 5.75 Å². The molecule has 0 fully saturated rings. The van der Waals surface area contributed by atoms with Gasteiger partial charge in [0.1, 0.15) is 11.6 Å². The molecule has 20 heavy (non-hydrogen) atoms. The Morgan fingerprint density at radius 2 is 1.55 bits per heavy atom. The molecule has 0 spiro atoms. The predicted octanol–water partition coefficient (Wildman–Crippen LogP) is 3.84. The summed E-state index contributed by atoms with van der Waals surface area (Å²) in [7, 11) is 0. The third-order valence-corrected chi connectivity index (χ3v) is 3.24. The molecule has 0 saturated carbocycles. The summed E-state index contributed by atoms with van der Waals surface area (Å²) < 4.78 is 19.8. The quantitative estimate of drug-likeness (QED) is 0.918. The highest BCUT2D eigenvalue weighted by Crippen LogP contribution is 2.34. The van der Waals surface area contributed by atoms with Gasteiger partial charge in [0, 0.05) is 11.1 Å². The largest absolute Gasteiger partial charge is 0.491 e. The number of ether oxygens (including phenoxy) is 1. The Balaban J connectivity index is 2.52. The van der Waals surface area contributed by atoms with E-state index < -0.39 is 5.54 Å². The first-order valence-electron chi connectivity index (χ1n) is 6.73. The van der Waals surface area contributed by atoms with Crippen LogP contribution in [0.15, 0.2) is 48.5 Å². The van der Waals surface area contributed by atoms with Crippen molar-refractivity contribution in [1.82, 2.24) is 0 Å². The number of hydrogen-bond acceptors (Lipinski definition) is 2. The lowest BCUT2D eigenvalue weighted by molar-refractivity contribution is 0.237. The van der Waals surface area contributed by atoms with E-state index in [9.17, 15) is 4.39 Å². The first kappa shape index (κ1) is 14.5. The van der Waals surface area contributed by atoms with Crippen molar-refractivity contribution in [2.75, 3.05) is 0 Å². The zero-order valence-corrected chi connectivity index (χ0v) is 12.1. The van der Waals surface area contributed by atoms with Gasteiger partial charge < -0.3 is 10.5 Å². The standard InChI is InChI=1S/C17H20FNO/c1-12(2)20-16-11-7-5-9-14(16)17(3,19)13-8-4-6-10-15(13)18/h4-12H,19H2,1-3H3. The summed E-state index contributed by atoms with van der Waals surface area (Å²) in [6.07, 6.45) is 0.0348. The minimum absolute atomic E-state index is 0.0348. The zero-order chi connectivity index (χ0) is 14.8. The van der Waals surface area contributed by atoms with Crippen molar-refractivity contribution in [3.63, 3.8) is 0 Å². The molecule has 0 heterocycles. The monoisotopic (exact) mass is 273 g/mol. The molecular weight excluding hydrogens is 253 g/mol. The van der Waals surface area contributed by atoms with Crippen LogP contribution in [0.1, 0.15) is 31.9 Å². The predicted molar refractivity (Wildman–Crippen MR) is 79.2 cm³/mol. The molecule has 0 amide bonds. The molecule has 2 N–H and O–H groups in total. The molecule has 1 unspecified atom stereocenters. The topological polar surface area (TPSA) is 35.2 Å². The van der Waals surface area contributed by atoms with E-state index in [0.29, 0.717) is 11.3 Å². The van der Waals surface area contributed by atoms with E-state index in [-0.39, 0.29) is 11.9 Å². The van der Waals surface area contributed by atoms with Crippen LogP contribution in [0.25, 0.3) is 0 Å². The van der Waals surface area contributed by atoms with Gasteiger partial charge >= 0.3 is 0 Å². The Bertz CT molecular complexity index is 593. The Morgan fingerprint density at radius 3 is 2.15 bits per heavy atom. The van der Waals surface area contributed by atoms with Crippen LogP contribution < -0.4 is 10.5 Å². The van der Waals surface area contributed by atoms with Gasteiger partial charge in [0.15, 0.2) is 0 Å². The average molecular weight is 273 g/mol. The van der Waals surface area contributed by atoms with Gasteiger partial charge in [-0.2, -0.15) is 0 Å². The van der Waals surface area contributed by atoms with Crippen molar-refractivity contribution in [2.24, 2.45) is 5.73 Å². The van der Waals surface area contributed by atoms with Crippen molar-refractivity contribution in [3.8, 4) is 5.75 Å². The molecule has 2 rings (SSSR count). The van der Waals surface area contributed by atoms with E-state index >= 15 is 0 Å². The minimum Gasteiger partial charge on any atom is -0.491 e. The summed E-state index contributed by atoms with van der Waals surface area (Å²) in [6, 6.07) is 14.1. The van der Waals surface area contributed by atoms with Gasteiger partial charge in [-0.05, 0) is 32.9 Å². The number of nitrogens with two attached hydrogens (primary N) is 1. The second kappa shape index (κ2) is 5.63. The van der Waals surface area contributed by atoms with Gasteiger partial charge in [-0.1, -0.05) is 36.4 Å². The van der Waals surface area contributed by atoms with Crippen molar-refractivity contribution < 1.29 is 9.13 Å². The molecule has 0 bridgehead atoms. The molecule has 0 radical (unpaired) electrons. The molecule has 1 atom stereocenters. The summed E-state index contributed by atoms with van der Waals surface area (Å²) in [4.78, 5) is 0. The van der Waals surface area contributed by atoms with Crippen LogP contribution in [-0.4, -0.2) is 6.10 Å². The molecule has 3 heteroatoms. The van der Waals surface area contributed by atoms with Crippen LogP contribution in [-0.2, 0) is 5.54 Å². The van der Waals surface area contributed by atoms with Crippen molar-refractivity contribution >= 4 is 0 Å². The van der Waals surface area contributed by atoms with Crippen molar-refractivity contribution in [3.05, 3.63) is 65.5 Å². The van der Waals surface area contributed by atoms with Gasteiger partial charge in [0.2, 0.25) is 0 Å². The van der Waals surface area contributed by atoms with E-state index in [0.717, 1.165) is 5.56 Å². The van der Waals surface area contributed by atoms with Crippen molar-refractivity contribution in [2.45, 2.75) is 32.4 Å². The number of para-hydroxylation sites is 1. The maximum atomic E-state index is 14.0. The number of rotatable bonds is 4. The maximum absolute atomic E-state index is 14.0. The highest BCUT2D eigenvalue weighted by atomic mass is 19.1.